The Balaban J connectivity index is 2.00. The van der Waals surface area contributed by atoms with Gasteiger partial charge in [-0.15, -0.1) is 0 Å². The van der Waals surface area contributed by atoms with Crippen LogP contribution in [0.4, 0.5) is 0 Å². The zero-order chi connectivity index (χ0) is 8.16. The molecule has 62 valence electrons. The summed E-state index contributed by atoms with van der Waals surface area (Å²) in [5.74, 6) is 0. The fourth-order valence-electron chi connectivity index (χ4n) is 1.16. The van der Waals surface area contributed by atoms with Crippen molar-refractivity contribution in [2.24, 2.45) is 0 Å². The lowest BCUT2D eigenvalue weighted by Gasteiger charge is -2.07. The summed E-state index contributed by atoms with van der Waals surface area (Å²) in [6.07, 6.45) is 5.83. The molecule has 1 fully saturated rings. The monoisotopic (exact) mass is 152 g/mol. The van der Waals surface area contributed by atoms with Crippen LogP contribution in [0.15, 0.2) is 0 Å². The predicted molar refractivity (Wildman–Crippen MR) is 45.1 cm³/mol. The Kier molecular flexibility index (Phi) is 2.90. The van der Waals surface area contributed by atoms with E-state index in [0.717, 1.165) is 19.4 Å². The molecular weight excluding hydrogens is 136 g/mol. The highest BCUT2D eigenvalue weighted by Crippen LogP contribution is 2.34. The van der Waals surface area contributed by atoms with Gasteiger partial charge in [0.1, 0.15) is 5.54 Å². The van der Waals surface area contributed by atoms with Gasteiger partial charge < -0.3 is 0 Å². The van der Waals surface area contributed by atoms with Crippen LogP contribution in [0.1, 0.15) is 39.0 Å². The summed E-state index contributed by atoms with van der Waals surface area (Å²) in [6, 6.07) is 2.32. The van der Waals surface area contributed by atoms with Crippen molar-refractivity contribution in [1.82, 2.24) is 5.32 Å². The van der Waals surface area contributed by atoms with E-state index >= 15 is 0 Å². The molecule has 2 heteroatoms. The molecule has 0 aromatic heterocycles. The molecule has 0 atom stereocenters. The van der Waals surface area contributed by atoms with E-state index in [4.69, 9.17) is 5.26 Å². The average Bonchev–Trinajstić information content (AvgIpc) is 2.80. The number of nitrogens with one attached hydrogen (secondary N) is 1. The van der Waals surface area contributed by atoms with E-state index in [2.05, 4.69) is 18.3 Å². The van der Waals surface area contributed by atoms with Crippen molar-refractivity contribution in [3.8, 4) is 6.07 Å². The van der Waals surface area contributed by atoms with E-state index in [1.807, 2.05) is 0 Å². The fourth-order valence-corrected chi connectivity index (χ4v) is 1.16. The Morgan fingerprint density at radius 1 is 1.45 bits per heavy atom. The van der Waals surface area contributed by atoms with Crippen molar-refractivity contribution >= 4 is 0 Å². The molecule has 1 rings (SSSR count). The van der Waals surface area contributed by atoms with Gasteiger partial charge in [-0.3, -0.25) is 5.32 Å². The number of hydrogen-bond donors (Lipinski definition) is 1. The van der Waals surface area contributed by atoms with Crippen LogP contribution in [0.2, 0.25) is 0 Å². The van der Waals surface area contributed by atoms with Crippen LogP contribution >= 0.6 is 0 Å². The van der Waals surface area contributed by atoms with Gasteiger partial charge in [-0.1, -0.05) is 19.8 Å². The Bertz CT molecular complexity index is 153. The van der Waals surface area contributed by atoms with E-state index in [-0.39, 0.29) is 5.54 Å². The lowest BCUT2D eigenvalue weighted by molar-refractivity contribution is 0.559. The van der Waals surface area contributed by atoms with E-state index < -0.39 is 0 Å². The number of rotatable bonds is 5. The van der Waals surface area contributed by atoms with Crippen LogP contribution in [0, 0.1) is 11.3 Å². The van der Waals surface area contributed by atoms with E-state index in [1.54, 1.807) is 0 Å². The van der Waals surface area contributed by atoms with Gasteiger partial charge in [0.2, 0.25) is 0 Å². The van der Waals surface area contributed by atoms with Crippen LogP contribution in [0.3, 0.4) is 0 Å². The van der Waals surface area contributed by atoms with Crippen molar-refractivity contribution in [1.29, 1.82) is 5.26 Å². The smallest absolute Gasteiger partial charge is 0.106 e. The van der Waals surface area contributed by atoms with E-state index in [1.165, 1.54) is 19.3 Å². The maximum Gasteiger partial charge on any atom is 0.106 e. The molecule has 2 nitrogen and oxygen atoms in total. The van der Waals surface area contributed by atoms with E-state index in [9.17, 15) is 0 Å². The second kappa shape index (κ2) is 3.73. The lowest BCUT2D eigenvalue weighted by Crippen LogP contribution is -2.30. The van der Waals surface area contributed by atoms with Gasteiger partial charge in [0, 0.05) is 0 Å². The number of nitriles is 1. The molecule has 0 aromatic carbocycles. The standard InChI is InChI=1S/C9H16N2/c1-2-3-4-7-11-9(8-10)5-6-9/h11H,2-7H2,1H3. The lowest BCUT2D eigenvalue weighted by atomic mass is 10.2. The first-order valence-electron chi connectivity index (χ1n) is 4.49. The second-order valence-electron chi connectivity index (χ2n) is 3.33. The van der Waals surface area contributed by atoms with Crippen LogP contribution < -0.4 is 5.32 Å². The third kappa shape index (κ3) is 2.51. The van der Waals surface area contributed by atoms with Crippen molar-refractivity contribution in [2.45, 2.75) is 44.6 Å². The first-order valence-corrected chi connectivity index (χ1v) is 4.49. The average molecular weight is 152 g/mol. The molecule has 0 heterocycles. The van der Waals surface area contributed by atoms with Crippen molar-refractivity contribution < 1.29 is 0 Å². The fraction of sp³-hybridized carbons (Fsp3) is 0.889. The molecule has 0 bridgehead atoms. The molecule has 0 aromatic rings. The topological polar surface area (TPSA) is 35.8 Å². The minimum absolute atomic E-state index is 0.103. The van der Waals surface area contributed by atoms with Gasteiger partial charge >= 0.3 is 0 Å². The number of nitrogens with zero attached hydrogens (tertiary/aromatic N) is 1. The highest BCUT2D eigenvalue weighted by Gasteiger charge is 2.42. The van der Waals surface area contributed by atoms with Gasteiger partial charge in [-0.25, -0.2) is 0 Å². The summed E-state index contributed by atoms with van der Waals surface area (Å²) in [5.41, 5.74) is -0.103. The molecular formula is C9H16N2. The van der Waals surface area contributed by atoms with Gasteiger partial charge in [0.05, 0.1) is 6.07 Å². The second-order valence-corrected chi connectivity index (χ2v) is 3.33. The number of unbranched alkanes of at least 4 members (excludes halogenated alkanes) is 2. The van der Waals surface area contributed by atoms with Gasteiger partial charge in [-0.05, 0) is 25.8 Å². The Hall–Kier alpha value is -0.550. The highest BCUT2D eigenvalue weighted by atomic mass is 15.0. The summed E-state index contributed by atoms with van der Waals surface area (Å²) in [7, 11) is 0. The molecule has 1 N–H and O–H groups in total. The van der Waals surface area contributed by atoms with Crippen molar-refractivity contribution in [3.63, 3.8) is 0 Å². The molecule has 0 aliphatic heterocycles. The van der Waals surface area contributed by atoms with Crippen molar-refractivity contribution in [3.05, 3.63) is 0 Å². The van der Waals surface area contributed by atoms with E-state index in [0.29, 0.717) is 0 Å². The summed E-state index contributed by atoms with van der Waals surface area (Å²) in [6.45, 7) is 3.21. The van der Waals surface area contributed by atoms with Gasteiger partial charge in [-0.2, -0.15) is 5.26 Å². The molecule has 1 saturated carbocycles. The van der Waals surface area contributed by atoms with Crippen LogP contribution in [-0.4, -0.2) is 12.1 Å². The minimum Gasteiger partial charge on any atom is -0.299 e. The SMILES string of the molecule is CCCCCNC1(C#N)CC1. The molecule has 0 spiro atoms. The van der Waals surface area contributed by atoms with Gasteiger partial charge in [0.15, 0.2) is 0 Å². The summed E-state index contributed by atoms with van der Waals surface area (Å²) in [5, 5.41) is 12.0. The van der Waals surface area contributed by atoms with Gasteiger partial charge in [0.25, 0.3) is 0 Å². The quantitative estimate of drug-likeness (QED) is 0.610. The Morgan fingerprint density at radius 2 is 2.18 bits per heavy atom. The highest BCUT2D eigenvalue weighted by molar-refractivity contribution is 5.17. The van der Waals surface area contributed by atoms with Crippen LogP contribution in [-0.2, 0) is 0 Å². The predicted octanol–water partition coefficient (Wildman–Crippen LogP) is 1.82. The zero-order valence-corrected chi connectivity index (χ0v) is 7.19. The zero-order valence-electron chi connectivity index (χ0n) is 7.19. The Morgan fingerprint density at radius 3 is 2.64 bits per heavy atom. The van der Waals surface area contributed by atoms with Crippen LogP contribution in [0.5, 0.6) is 0 Å². The third-order valence-corrected chi connectivity index (χ3v) is 2.21. The molecule has 0 amide bonds. The molecule has 1 aliphatic carbocycles. The Labute approximate surface area is 68.6 Å². The minimum atomic E-state index is -0.103. The number of hydrogen-bond acceptors (Lipinski definition) is 2. The molecule has 0 radical (unpaired) electrons. The summed E-state index contributed by atoms with van der Waals surface area (Å²) in [4.78, 5) is 0. The summed E-state index contributed by atoms with van der Waals surface area (Å²) < 4.78 is 0. The third-order valence-electron chi connectivity index (χ3n) is 2.21. The molecule has 0 unspecified atom stereocenters. The molecule has 0 saturated heterocycles. The first-order chi connectivity index (χ1) is 5.33. The van der Waals surface area contributed by atoms with Crippen molar-refractivity contribution in [2.75, 3.05) is 6.54 Å². The molecule has 11 heavy (non-hydrogen) atoms. The maximum absolute atomic E-state index is 8.70. The summed E-state index contributed by atoms with van der Waals surface area (Å²) >= 11 is 0. The van der Waals surface area contributed by atoms with Crippen LogP contribution in [0.25, 0.3) is 0 Å². The largest absolute Gasteiger partial charge is 0.299 e. The first kappa shape index (κ1) is 8.55. The molecule has 1 aliphatic rings. The maximum atomic E-state index is 8.70. The normalized spacial score (nSPS) is 19.3.